The van der Waals surface area contributed by atoms with Gasteiger partial charge in [0.2, 0.25) is 0 Å². The third-order valence-corrected chi connectivity index (χ3v) is 3.73. The number of aliphatic hydroxyl groups excluding tert-OH is 1. The number of nitrogens with one attached hydrogen (secondary N) is 1. The van der Waals surface area contributed by atoms with Crippen molar-refractivity contribution in [3.63, 3.8) is 0 Å². The van der Waals surface area contributed by atoms with Crippen LogP contribution in [0.25, 0.3) is 0 Å². The summed E-state index contributed by atoms with van der Waals surface area (Å²) in [6, 6.07) is 16.1. The second-order valence-corrected chi connectivity index (χ2v) is 5.95. The molecule has 0 aliphatic carbocycles. The summed E-state index contributed by atoms with van der Waals surface area (Å²) in [6.45, 7) is 2.99. The maximum atomic E-state index is 8.65. The first-order chi connectivity index (χ1) is 11.3. The molecule has 0 saturated carbocycles. The second-order valence-electron chi connectivity index (χ2n) is 5.04. The van der Waals surface area contributed by atoms with Crippen molar-refractivity contribution in [1.29, 1.82) is 0 Å². The Hall–Kier alpha value is -1.11. The molecule has 0 bridgehead atoms. The predicted molar refractivity (Wildman–Crippen MR) is 102 cm³/mol. The third kappa shape index (κ3) is 7.64. The van der Waals surface area contributed by atoms with Crippen LogP contribution in [0.15, 0.2) is 53.0 Å². The van der Waals surface area contributed by atoms with Crippen LogP contribution in [-0.2, 0) is 17.9 Å². The van der Waals surface area contributed by atoms with Crippen LogP contribution in [-0.4, -0.2) is 31.5 Å². The fourth-order valence-corrected chi connectivity index (χ4v) is 2.50. The van der Waals surface area contributed by atoms with Crippen LogP contribution in [0, 0.1) is 0 Å². The number of hydrogen-bond donors (Lipinski definition) is 2. The van der Waals surface area contributed by atoms with Gasteiger partial charge in [-0.1, -0.05) is 46.3 Å². The zero-order chi connectivity index (χ0) is 16.3. The summed E-state index contributed by atoms with van der Waals surface area (Å²) < 4.78 is 12.2. The van der Waals surface area contributed by atoms with Gasteiger partial charge in [-0.05, 0) is 23.8 Å². The van der Waals surface area contributed by atoms with E-state index in [-0.39, 0.29) is 19.0 Å². The van der Waals surface area contributed by atoms with Gasteiger partial charge in [0.25, 0.3) is 0 Å². The topological polar surface area (TPSA) is 50.7 Å². The molecule has 4 nitrogen and oxygen atoms in total. The van der Waals surface area contributed by atoms with Gasteiger partial charge in [-0.2, -0.15) is 0 Å². The van der Waals surface area contributed by atoms with E-state index in [1.807, 2.05) is 30.3 Å². The van der Waals surface area contributed by atoms with Crippen LogP contribution >= 0.6 is 28.3 Å². The molecule has 0 saturated heterocycles. The van der Waals surface area contributed by atoms with E-state index in [0.717, 1.165) is 27.9 Å². The normalized spacial score (nSPS) is 10.2. The minimum Gasteiger partial charge on any atom is -0.489 e. The molecular weight excluding hydrogens is 394 g/mol. The number of hydrogen-bond acceptors (Lipinski definition) is 4. The third-order valence-electron chi connectivity index (χ3n) is 3.23. The summed E-state index contributed by atoms with van der Waals surface area (Å²) in [5.74, 6) is 0.876. The molecule has 0 aliphatic rings. The molecule has 0 aromatic heterocycles. The number of halogens is 2. The van der Waals surface area contributed by atoms with Crippen molar-refractivity contribution in [3.8, 4) is 5.75 Å². The highest BCUT2D eigenvalue weighted by Crippen LogP contribution is 2.24. The van der Waals surface area contributed by atoms with Gasteiger partial charge in [0, 0.05) is 23.1 Å². The molecule has 2 aromatic rings. The monoisotopic (exact) mass is 415 g/mol. The van der Waals surface area contributed by atoms with E-state index in [0.29, 0.717) is 26.4 Å². The minimum atomic E-state index is 0. The Labute approximate surface area is 157 Å². The Morgan fingerprint density at radius 1 is 1.04 bits per heavy atom. The number of aliphatic hydroxyl groups is 1. The Bertz CT molecular complexity index is 584. The summed E-state index contributed by atoms with van der Waals surface area (Å²) >= 11 is 3.50. The Morgan fingerprint density at radius 2 is 1.83 bits per heavy atom. The van der Waals surface area contributed by atoms with Crippen molar-refractivity contribution in [3.05, 3.63) is 64.1 Å². The molecule has 2 rings (SSSR count). The van der Waals surface area contributed by atoms with Gasteiger partial charge in [-0.3, -0.25) is 0 Å². The van der Waals surface area contributed by atoms with Gasteiger partial charge in [-0.15, -0.1) is 12.4 Å². The first kappa shape index (κ1) is 20.9. The maximum absolute atomic E-state index is 8.65. The van der Waals surface area contributed by atoms with Crippen LogP contribution in [0.5, 0.6) is 5.75 Å². The zero-order valence-electron chi connectivity index (χ0n) is 13.4. The van der Waals surface area contributed by atoms with Gasteiger partial charge in [0.05, 0.1) is 19.8 Å². The van der Waals surface area contributed by atoms with Crippen molar-refractivity contribution in [2.24, 2.45) is 0 Å². The largest absolute Gasteiger partial charge is 0.489 e. The lowest BCUT2D eigenvalue weighted by atomic mass is 10.2. The van der Waals surface area contributed by atoms with Crippen LogP contribution < -0.4 is 10.1 Å². The molecule has 132 valence electrons. The lowest BCUT2D eigenvalue weighted by Crippen LogP contribution is -2.20. The van der Waals surface area contributed by atoms with E-state index in [2.05, 4.69) is 39.4 Å². The van der Waals surface area contributed by atoms with Gasteiger partial charge in [-0.25, -0.2) is 0 Å². The van der Waals surface area contributed by atoms with Crippen molar-refractivity contribution in [2.75, 3.05) is 26.4 Å². The molecule has 2 N–H and O–H groups in total. The Balaban J connectivity index is 0.00000288. The maximum Gasteiger partial charge on any atom is 0.124 e. The van der Waals surface area contributed by atoms with Crippen LogP contribution in [0.1, 0.15) is 11.1 Å². The molecule has 0 radical (unpaired) electrons. The van der Waals surface area contributed by atoms with Crippen molar-refractivity contribution < 1.29 is 14.6 Å². The molecule has 0 heterocycles. The fourth-order valence-electron chi connectivity index (χ4n) is 2.10. The fraction of sp³-hybridized carbons (Fsp3) is 0.333. The number of rotatable bonds is 10. The van der Waals surface area contributed by atoms with Gasteiger partial charge < -0.3 is 19.9 Å². The average molecular weight is 417 g/mol. The highest BCUT2D eigenvalue weighted by Gasteiger charge is 2.05. The highest BCUT2D eigenvalue weighted by atomic mass is 79.9. The first-order valence-corrected chi connectivity index (χ1v) is 8.43. The highest BCUT2D eigenvalue weighted by molar-refractivity contribution is 9.10. The van der Waals surface area contributed by atoms with Crippen molar-refractivity contribution in [2.45, 2.75) is 13.2 Å². The summed E-state index contributed by atoms with van der Waals surface area (Å²) in [4.78, 5) is 0. The van der Waals surface area contributed by atoms with E-state index < -0.39 is 0 Å². The summed E-state index contributed by atoms with van der Waals surface area (Å²) in [6.07, 6.45) is 0. The summed E-state index contributed by atoms with van der Waals surface area (Å²) in [7, 11) is 0. The smallest absolute Gasteiger partial charge is 0.124 e. The minimum absolute atomic E-state index is 0. The quantitative estimate of drug-likeness (QED) is 0.582. The van der Waals surface area contributed by atoms with Gasteiger partial charge in [0.15, 0.2) is 0 Å². The van der Waals surface area contributed by atoms with E-state index in [1.54, 1.807) is 0 Å². The lowest BCUT2D eigenvalue weighted by Gasteiger charge is -2.13. The Morgan fingerprint density at radius 3 is 2.58 bits per heavy atom. The van der Waals surface area contributed by atoms with E-state index >= 15 is 0 Å². The molecule has 2 aromatic carbocycles. The molecular formula is C18H23BrClNO3. The molecule has 24 heavy (non-hydrogen) atoms. The molecule has 0 fully saturated rings. The molecule has 6 heteroatoms. The molecule has 0 spiro atoms. The molecule has 0 unspecified atom stereocenters. The zero-order valence-corrected chi connectivity index (χ0v) is 15.8. The number of benzene rings is 2. The van der Waals surface area contributed by atoms with Crippen LogP contribution in [0.3, 0.4) is 0 Å². The number of ether oxygens (including phenoxy) is 2. The summed E-state index contributed by atoms with van der Waals surface area (Å²) in [5, 5.41) is 12.0. The molecule has 0 aliphatic heterocycles. The van der Waals surface area contributed by atoms with Crippen molar-refractivity contribution in [1.82, 2.24) is 5.32 Å². The SMILES string of the molecule is Cl.OCCOCCNCc1cc(Br)ccc1OCc1ccccc1. The van der Waals surface area contributed by atoms with Gasteiger partial charge in [0.1, 0.15) is 12.4 Å². The molecule has 0 atom stereocenters. The Kier molecular flexibility index (Phi) is 10.7. The van der Waals surface area contributed by atoms with Crippen LogP contribution in [0.4, 0.5) is 0 Å². The lowest BCUT2D eigenvalue weighted by molar-refractivity contribution is 0.0937. The van der Waals surface area contributed by atoms with E-state index in [9.17, 15) is 0 Å². The predicted octanol–water partition coefficient (Wildman–Crippen LogP) is 3.55. The first-order valence-electron chi connectivity index (χ1n) is 7.64. The van der Waals surface area contributed by atoms with Gasteiger partial charge >= 0.3 is 0 Å². The standard InChI is InChI=1S/C18H22BrNO3.ClH/c19-17-6-7-18(23-14-15-4-2-1-3-5-15)16(12-17)13-20-8-10-22-11-9-21;/h1-7,12,20-21H,8-11,13-14H2;1H. The second kappa shape index (κ2) is 12.3. The molecule has 0 amide bonds. The summed E-state index contributed by atoms with van der Waals surface area (Å²) in [5.41, 5.74) is 2.24. The van der Waals surface area contributed by atoms with Crippen molar-refractivity contribution >= 4 is 28.3 Å². The van der Waals surface area contributed by atoms with Crippen LogP contribution in [0.2, 0.25) is 0 Å². The van der Waals surface area contributed by atoms with E-state index in [4.69, 9.17) is 14.6 Å². The average Bonchev–Trinajstić information content (AvgIpc) is 2.58. The van der Waals surface area contributed by atoms with E-state index in [1.165, 1.54) is 0 Å².